The molecule has 1 aliphatic heterocycles. The highest BCUT2D eigenvalue weighted by Gasteiger charge is 2.40. The second-order valence-corrected chi connectivity index (χ2v) is 10.6. The topological polar surface area (TPSA) is 143 Å². The molecule has 9 nitrogen and oxygen atoms in total. The number of aliphatic hydroxyl groups excluding tert-OH is 1. The van der Waals surface area contributed by atoms with Crippen LogP contribution in [0.4, 0.5) is 0 Å². The van der Waals surface area contributed by atoms with Gasteiger partial charge in [0.05, 0.1) is 12.1 Å². The Hall–Kier alpha value is -2.04. The van der Waals surface area contributed by atoms with Crippen LogP contribution in [0.5, 0.6) is 0 Å². The maximum atomic E-state index is 13.0. The molecule has 1 saturated carbocycles. The van der Waals surface area contributed by atoms with Crippen LogP contribution < -0.4 is 11.1 Å². The van der Waals surface area contributed by atoms with E-state index in [2.05, 4.69) is 10.3 Å². The van der Waals surface area contributed by atoms with Crippen molar-refractivity contribution in [3.63, 3.8) is 0 Å². The molecule has 3 rings (SSSR count). The summed E-state index contributed by atoms with van der Waals surface area (Å²) in [4.78, 5) is 28.4. The lowest BCUT2D eigenvalue weighted by molar-refractivity contribution is -0.129. The molecular weight excluding hydrogens is 420 g/mol. The molecule has 172 valence electrons. The monoisotopic (exact) mass is 452 g/mol. The molecule has 0 aromatic carbocycles. The molecule has 31 heavy (non-hydrogen) atoms. The predicted octanol–water partition coefficient (Wildman–Crippen LogP) is 0.926. The van der Waals surface area contributed by atoms with Gasteiger partial charge < -0.3 is 16.2 Å². The first-order chi connectivity index (χ1) is 14.7. The van der Waals surface area contributed by atoms with Crippen molar-refractivity contribution in [1.82, 2.24) is 14.6 Å². The minimum absolute atomic E-state index is 0.0650. The lowest BCUT2D eigenvalue weighted by Crippen LogP contribution is -2.48. The Kier molecular flexibility index (Phi) is 7.33. The predicted molar refractivity (Wildman–Crippen MR) is 114 cm³/mol. The van der Waals surface area contributed by atoms with Crippen molar-refractivity contribution in [3.05, 3.63) is 24.4 Å². The van der Waals surface area contributed by atoms with Crippen LogP contribution in [-0.4, -0.2) is 59.4 Å². The number of nitrogens with one attached hydrogen (secondary N) is 1. The zero-order valence-electron chi connectivity index (χ0n) is 17.9. The summed E-state index contributed by atoms with van der Waals surface area (Å²) in [6, 6.07) is 3.76. The van der Waals surface area contributed by atoms with Gasteiger partial charge in [0.2, 0.25) is 11.8 Å². The normalized spacial score (nSPS) is 26.8. The Morgan fingerprint density at radius 1 is 1.29 bits per heavy atom. The summed E-state index contributed by atoms with van der Waals surface area (Å²) < 4.78 is 27.2. The number of nitrogens with zero attached hydrogens (tertiary/aromatic N) is 2. The van der Waals surface area contributed by atoms with E-state index in [-0.39, 0.29) is 35.8 Å². The largest absolute Gasteiger partial charge is 0.390 e. The number of β-amino-alcohol motifs (C(OH)–C–C–N with tert-alkyl or cyclic N) is 1. The van der Waals surface area contributed by atoms with Crippen LogP contribution in [0.25, 0.3) is 0 Å². The van der Waals surface area contributed by atoms with Crippen LogP contribution in [0.2, 0.25) is 0 Å². The van der Waals surface area contributed by atoms with Crippen molar-refractivity contribution in [3.8, 4) is 0 Å². The maximum absolute atomic E-state index is 13.0. The number of carbonyl (C=O) groups excluding carboxylic acids is 2. The second kappa shape index (κ2) is 9.62. The van der Waals surface area contributed by atoms with Crippen LogP contribution in [0.1, 0.15) is 58.3 Å². The quantitative estimate of drug-likeness (QED) is 0.562. The van der Waals surface area contributed by atoms with Crippen LogP contribution >= 0.6 is 0 Å². The summed E-state index contributed by atoms with van der Waals surface area (Å²) in [5.41, 5.74) is 4.98. The number of hydrogen-bond acceptors (Lipinski definition) is 6. The lowest BCUT2D eigenvalue weighted by atomic mass is 9.80. The van der Waals surface area contributed by atoms with Gasteiger partial charge in [0.25, 0.3) is 10.0 Å². The minimum Gasteiger partial charge on any atom is -0.390 e. The van der Waals surface area contributed by atoms with Gasteiger partial charge in [-0.05, 0) is 51.2 Å². The van der Waals surface area contributed by atoms with Crippen LogP contribution in [0.15, 0.2) is 29.4 Å². The minimum atomic E-state index is -3.86. The van der Waals surface area contributed by atoms with Crippen LogP contribution in [-0.2, 0) is 19.6 Å². The van der Waals surface area contributed by atoms with E-state index < -0.39 is 27.6 Å². The number of nitrogens with two attached hydrogens (primary N) is 1. The van der Waals surface area contributed by atoms with Gasteiger partial charge in [-0.25, -0.2) is 13.4 Å². The molecule has 1 aromatic heterocycles. The van der Waals surface area contributed by atoms with E-state index in [4.69, 9.17) is 5.73 Å². The molecule has 1 aromatic rings. The average molecular weight is 453 g/mol. The van der Waals surface area contributed by atoms with Gasteiger partial charge >= 0.3 is 0 Å². The first-order valence-electron chi connectivity index (χ1n) is 10.9. The molecule has 2 fully saturated rings. The number of aromatic nitrogens is 1. The molecule has 1 aliphatic carbocycles. The maximum Gasteiger partial charge on any atom is 0.260 e. The summed E-state index contributed by atoms with van der Waals surface area (Å²) in [5, 5.41) is 13.5. The molecule has 0 spiro atoms. The van der Waals surface area contributed by atoms with E-state index in [1.807, 2.05) is 0 Å². The van der Waals surface area contributed by atoms with Crippen molar-refractivity contribution in [2.24, 2.45) is 11.1 Å². The van der Waals surface area contributed by atoms with Crippen molar-refractivity contribution in [2.45, 2.75) is 81.5 Å². The Balaban J connectivity index is 1.63. The van der Waals surface area contributed by atoms with Crippen molar-refractivity contribution >= 4 is 21.8 Å². The molecular formula is C21H32N4O5S. The van der Waals surface area contributed by atoms with Gasteiger partial charge in [0, 0.05) is 30.6 Å². The molecule has 0 bridgehead atoms. The number of hydrogen-bond donors (Lipinski definition) is 3. The van der Waals surface area contributed by atoms with E-state index in [9.17, 15) is 23.1 Å². The molecule has 2 amide bonds. The number of sulfonamides is 1. The summed E-state index contributed by atoms with van der Waals surface area (Å²) in [6.07, 6.45) is 5.13. The fourth-order valence-corrected chi connectivity index (χ4v) is 6.29. The van der Waals surface area contributed by atoms with E-state index in [0.29, 0.717) is 32.1 Å². The average Bonchev–Trinajstić information content (AvgIpc) is 3.19. The van der Waals surface area contributed by atoms with Gasteiger partial charge in [0.1, 0.15) is 0 Å². The van der Waals surface area contributed by atoms with Crippen LogP contribution in [0, 0.1) is 5.41 Å². The highest BCUT2D eigenvalue weighted by molar-refractivity contribution is 7.89. The molecule has 2 aliphatic rings. The number of amides is 2. The lowest BCUT2D eigenvalue weighted by Gasteiger charge is -2.28. The highest BCUT2D eigenvalue weighted by atomic mass is 32.2. The number of carbonyl (C=O) groups is 2. The Bertz CT molecular complexity index is 886. The second-order valence-electron chi connectivity index (χ2n) is 8.76. The van der Waals surface area contributed by atoms with Gasteiger partial charge in [0.15, 0.2) is 5.03 Å². The Morgan fingerprint density at radius 2 is 2.00 bits per heavy atom. The molecule has 0 unspecified atom stereocenters. The number of primary amides is 1. The molecule has 2 heterocycles. The third-order valence-corrected chi connectivity index (χ3v) is 8.59. The van der Waals surface area contributed by atoms with Crippen LogP contribution in [0.3, 0.4) is 0 Å². The fourth-order valence-electron chi connectivity index (χ4n) is 4.68. The van der Waals surface area contributed by atoms with Gasteiger partial charge in [-0.2, -0.15) is 4.31 Å². The number of pyridine rings is 1. The van der Waals surface area contributed by atoms with E-state index in [1.165, 1.54) is 16.6 Å². The SMILES string of the molecule is C[C@@H]1CC[C@H](NC(=O)CCC2(C(N)=O)CCCC2)[C@@H](O)CN1S(=O)(=O)c1ccccn1. The van der Waals surface area contributed by atoms with Gasteiger partial charge in [-0.15, -0.1) is 0 Å². The molecule has 1 saturated heterocycles. The third kappa shape index (κ3) is 5.24. The number of rotatable bonds is 7. The first kappa shape index (κ1) is 23.6. The summed E-state index contributed by atoms with van der Waals surface area (Å²) in [6.45, 7) is 1.66. The van der Waals surface area contributed by atoms with Crippen molar-refractivity contribution in [2.75, 3.05) is 6.54 Å². The fraction of sp³-hybridized carbons (Fsp3) is 0.667. The third-order valence-electron chi connectivity index (χ3n) is 6.69. The smallest absolute Gasteiger partial charge is 0.260 e. The van der Waals surface area contributed by atoms with Gasteiger partial charge in [-0.1, -0.05) is 18.9 Å². The number of aliphatic hydroxyl groups is 1. The molecule has 0 radical (unpaired) electrons. The molecule has 10 heteroatoms. The summed E-state index contributed by atoms with van der Waals surface area (Å²) in [7, 11) is -3.86. The summed E-state index contributed by atoms with van der Waals surface area (Å²) >= 11 is 0. The zero-order chi connectivity index (χ0) is 22.6. The van der Waals surface area contributed by atoms with Gasteiger partial charge in [-0.3, -0.25) is 9.59 Å². The van der Waals surface area contributed by atoms with E-state index >= 15 is 0 Å². The molecule has 4 N–H and O–H groups in total. The van der Waals surface area contributed by atoms with Crippen molar-refractivity contribution in [1.29, 1.82) is 0 Å². The summed E-state index contributed by atoms with van der Waals surface area (Å²) in [5.74, 6) is -0.609. The van der Waals surface area contributed by atoms with E-state index in [1.54, 1.807) is 19.1 Å². The Morgan fingerprint density at radius 3 is 2.61 bits per heavy atom. The standard InChI is InChI=1S/C21H32N4O5S/c1-15-7-8-16(24-18(27)9-12-21(20(22)28)10-3-4-11-21)17(26)14-25(15)31(29,30)19-6-2-5-13-23-19/h2,5-6,13,15-17,26H,3-4,7-12,14H2,1H3,(H2,22,28)(H,24,27)/t15-,16+,17+/m1/s1. The molecule has 3 atom stereocenters. The zero-order valence-corrected chi connectivity index (χ0v) is 18.7. The highest BCUT2D eigenvalue weighted by Crippen LogP contribution is 2.41. The Labute approximate surface area is 183 Å². The first-order valence-corrected chi connectivity index (χ1v) is 12.3. The van der Waals surface area contributed by atoms with Crippen molar-refractivity contribution < 1.29 is 23.1 Å². The van der Waals surface area contributed by atoms with E-state index in [0.717, 1.165) is 12.8 Å².